The van der Waals surface area contributed by atoms with Gasteiger partial charge in [0.25, 0.3) is 0 Å². The number of thioether (sulfide) groups is 1. The fraction of sp³-hybridized carbons (Fsp3) is 0.704. The Morgan fingerprint density at radius 3 is 2.50 bits per heavy atom. The van der Waals surface area contributed by atoms with E-state index in [4.69, 9.17) is 4.74 Å². The fourth-order valence-electron chi connectivity index (χ4n) is 7.92. The Bertz CT molecular complexity index is 1130. The first-order valence-electron chi connectivity index (χ1n) is 13.6. The van der Waals surface area contributed by atoms with Gasteiger partial charge in [0.2, 0.25) is 5.91 Å². The first-order valence-corrected chi connectivity index (χ1v) is 15.4. The van der Waals surface area contributed by atoms with Crippen molar-refractivity contribution >= 4 is 40.0 Å². The molecule has 7 nitrogen and oxygen atoms in total. The van der Waals surface area contributed by atoms with E-state index >= 15 is 0 Å². The molecule has 4 fully saturated rings. The van der Waals surface area contributed by atoms with E-state index in [-0.39, 0.29) is 17.6 Å². The highest BCUT2D eigenvalue weighted by atomic mass is 32.2. The summed E-state index contributed by atoms with van der Waals surface area (Å²) in [5.41, 5.74) is 2.03. The van der Waals surface area contributed by atoms with E-state index in [1.165, 1.54) is 66.5 Å². The number of ether oxygens (including phenoxy) is 1. The molecule has 0 spiro atoms. The summed E-state index contributed by atoms with van der Waals surface area (Å²) in [5, 5.41) is 13.6. The predicted octanol–water partition coefficient (Wildman–Crippen LogP) is 5.51. The summed E-state index contributed by atoms with van der Waals surface area (Å²) < 4.78 is 7.49. The standard InChI is InChI=1S/C27H36N4O3S2/c1-3-31-21(14-27-11-16-8-17(12-27)10-18(9-16)13-27)29-30-26(31)35-15-22(32)28-24-23(25(33)34-4-2)19-6-5-7-20(19)36-24/h16-18H,3-15H2,1-2H3,(H,28,32). The van der Waals surface area contributed by atoms with Gasteiger partial charge in [-0.1, -0.05) is 11.8 Å². The molecule has 2 aromatic heterocycles. The number of carbonyl (C=O) groups is 2. The van der Waals surface area contributed by atoms with Gasteiger partial charge in [-0.2, -0.15) is 0 Å². The summed E-state index contributed by atoms with van der Waals surface area (Å²) in [7, 11) is 0. The van der Waals surface area contributed by atoms with Crippen molar-refractivity contribution in [2.45, 2.75) is 89.8 Å². The van der Waals surface area contributed by atoms with Gasteiger partial charge in [-0.25, -0.2) is 4.79 Å². The van der Waals surface area contributed by atoms with Gasteiger partial charge >= 0.3 is 5.97 Å². The average molecular weight is 529 g/mol. The van der Waals surface area contributed by atoms with Crippen LogP contribution in [0, 0.1) is 23.2 Å². The van der Waals surface area contributed by atoms with E-state index in [0.717, 1.165) is 66.5 Å². The maximum absolute atomic E-state index is 12.9. The zero-order valence-corrected chi connectivity index (χ0v) is 22.9. The Kier molecular flexibility index (Phi) is 6.65. The predicted molar refractivity (Wildman–Crippen MR) is 142 cm³/mol. The summed E-state index contributed by atoms with van der Waals surface area (Å²) in [6, 6.07) is 0. The number of anilines is 1. The summed E-state index contributed by atoms with van der Waals surface area (Å²) in [4.78, 5) is 26.7. The van der Waals surface area contributed by atoms with Crippen molar-refractivity contribution in [1.82, 2.24) is 14.8 Å². The second-order valence-electron chi connectivity index (χ2n) is 11.4. The van der Waals surface area contributed by atoms with Crippen LogP contribution >= 0.6 is 23.1 Å². The molecule has 9 heteroatoms. The van der Waals surface area contributed by atoms with Gasteiger partial charge in [-0.3, -0.25) is 4.79 Å². The highest BCUT2D eigenvalue weighted by molar-refractivity contribution is 7.99. The number of aromatic nitrogens is 3. The van der Waals surface area contributed by atoms with Crippen molar-refractivity contribution in [3.05, 3.63) is 21.8 Å². The maximum Gasteiger partial charge on any atom is 0.341 e. The van der Waals surface area contributed by atoms with Gasteiger partial charge in [0.05, 0.1) is 17.9 Å². The van der Waals surface area contributed by atoms with Gasteiger partial charge in [0.15, 0.2) is 5.16 Å². The number of rotatable bonds is 9. The average Bonchev–Trinajstić information content (AvgIpc) is 3.51. The normalized spacial score (nSPS) is 27.9. The molecule has 4 saturated carbocycles. The lowest BCUT2D eigenvalue weighted by Gasteiger charge is -2.56. The second-order valence-corrected chi connectivity index (χ2v) is 13.4. The molecule has 194 valence electrons. The largest absolute Gasteiger partial charge is 0.462 e. The number of amides is 1. The van der Waals surface area contributed by atoms with Crippen molar-refractivity contribution < 1.29 is 14.3 Å². The Morgan fingerprint density at radius 2 is 1.83 bits per heavy atom. The molecule has 7 rings (SSSR count). The van der Waals surface area contributed by atoms with Crippen LogP contribution in [0.25, 0.3) is 0 Å². The van der Waals surface area contributed by atoms with Gasteiger partial charge in [-0.05, 0) is 100 Å². The fourth-order valence-corrected chi connectivity index (χ4v) is 10.0. The molecular formula is C27H36N4O3S2. The van der Waals surface area contributed by atoms with Crippen LogP contribution < -0.4 is 5.32 Å². The number of nitrogens with one attached hydrogen (secondary N) is 1. The van der Waals surface area contributed by atoms with Crippen LogP contribution in [0.5, 0.6) is 0 Å². The first-order chi connectivity index (χ1) is 17.5. The topological polar surface area (TPSA) is 86.1 Å². The number of thiophene rings is 1. The van der Waals surface area contributed by atoms with Crippen molar-refractivity contribution in [2.75, 3.05) is 17.7 Å². The Hall–Kier alpha value is -1.87. The number of carbonyl (C=O) groups excluding carboxylic acids is 2. The van der Waals surface area contributed by atoms with Crippen LogP contribution in [-0.2, 0) is 35.3 Å². The van der Waals surface area contributed by atoms with Crippen LogP contribution in [-0.4, -0.2) is 39.0 Å². The highest BCUT2D eigenvalue weighted by Gasteiger charge is 2.51. The van der Waals surface area contributed by atoms with E-state index in [1.54, 1.807) is 6.92 Å². The SMILES string of the molecule is CCOC(=O)c1c(NC(=O)CSc2nnc(CC34CC5CC(CC(C5)C3)C4)n2CC)sc2c1CCC2. The van der Waals surface area contributed by atoms with E-state index < -0.39 is 0 Å². The van der Waals surface area contributed by atoms with Gasteiger partial charge in [0, 0.05) is 17.8 Å². The minimum atomic E-state index is -0.333. The Balaban J connectivity index is 1.12. The van der Waals surface area contributed by atoms with Crippen molar-refractivity contribution in [2.24, 2.45) is 23.2 Å². The summed E-state index contributed by atoms with van der Waals surface area (Å²) in [5.74, 6) is 3.63. The lowest BCUT2D eigenvalue weighted by atomic mass is 9.49. The number of fused-ring (bicyclic) bond motifs is 1. The second kappa shape index (κ2) is 9.78. The molecule has 0 radical (unpaired) electrons. The van der Waals surface area contributed by atoms with Gasteiger partial charge in [-0.15, -0.1) is 21.5 Å². The molecule has 5 aliphatic rings. The molecule has 36 heavy (non-hydrogen) atoms. The van der Waals surface area contributed by atoms with Crippen molar-refractivity contribution in [3.8, 4) is 0 Å². The zero-order chi connectivity index (χ0) is 24.9. The molecule has 2 heterocycles. The number of nitrogens with zero attached hydrogens (tertiary/aromatic N) is 3. The molecule has 1 amide bonds. The molecule has 0 saturated heterocycles. The summed E-state index contributed by atoms with van der Waals surface area (Å²) >= 11 is 2.95. The molecule has 0 aromatic carbocycles. The summed E-state index contributed by atoms with van der Waals surface area (Å²) in [6.07, 6.45) is 12.3. The van der Waals surface area contributed by atoms with Crippen molar-refractivity contribution in [1.29, 1.82) is 0 Å². The van der Waals surface area contributed by atoms with E-state index in [0.29, 0.717) is 22.6 Å². The molecule has 5 aliphatic carbocycles. The highest BCUT2D eigenvalue weighted by Crippen LogP contribution is 2.61. The summed E-state index contributed by atoms with van der Waals surface area (Å²) in [6.45, 7) is 5.07. The third-order valence-corrected chi connectivity index (χ3v) is 11.0. The number of hydrogen-bond acceptors (Lipinski definition) is 7. The monoisotopic (exact) mass is 528 g/mol. The Labute approximate surface area is 221 Å². The zero-order valence-electron chi connectivity index (χ0n) is 21.3. The maximum atomic E-state index is 12.9. The number of hydrogen-bond donors (Lipinski definition) is 1. The minimum absolute atomic E-state index is 0.126. The number of aryl methyl sites for hydroxylation is 1. The molecular weight excluding hydrogens is 492 g/mol. The van der Waals surface area contributed by atoms with Crippen LogP contribution in [0.4, 0.5) is 5.00 Å². The lowest BCUT2D eigenvalue weighted by Crippen LogP contribution is -2.47. The molecule has 1 N–H and O–H groups in total. The van der Waals surface area contributed by atoms with E-state index in [9.17, 15) is 9.59 Å². The third kappa shape index (κ3) is 4.51. The van der Waals surface area contributed by atoms with Crippen LogP contribution in [0.2, 0.25) is 0 Å². The third-order valence-electron chi connectivity index (χ3n) is 8.79. The lowest BCUT2D eigenvalue weighted by molar-refractivity contribution is -0.113. The molecule has 0 aliphatic heterocycles. The molecule has 0 atom stereocenters. The molecule has 4 bridgehead atoms. The van der Waals surface area contributed by atoms with Gasteiger partial charge < -0.3 is 14.6 Å². The van der Waals surface area contributed by atoms with E-state index in [1.807, 2.05) is 0 Å². The van der Waals surface area contributed by atoms with E-state index in [2.05, 4.69) is 27.0 Å². The molecule has 0 unspecified atom stereocenters. The quantitative estimate of drug-likeness (QED) is 0.341. The van der Waals surface area contributed by atoms with Crippen LogP contribution in [0.1, 0.15) is 85.4 Å². The van der Waals surface area contributed by atoms with Crippen LogP contribution in [0.3, 0.4) is 0 Å². The smallest absolute Gasteiger partial charge is 0.341 e. The minimum Gasteiger partial charge on any atom is -0.462 e. The number of esters is 1. The van der Waals surface area contributed by atoms with Gasteiger partial charge in [0.1, 0.15) is 10.8 Å². The van der Waals surface area contributed by atoms with Crippen LogP contribution in [0.15, 0.2) is 5.16 Å². The molecule has 2 aromatic rings. The first kappa shape index (κ1) is 24.5. The van der Waals surface area contributed by atoms with Crippen molar-refractivity contribution in [3.63, 3.8) is 0 Å². The Morgan fingerprint density at radius 1 is 1.11 bits per heavy atom.